The molecule has 0 spiro atoms. The van der Waals surface area contributed by atoms with Crippen molar-refractivity contribution in [2.45, 2.75) is 6.42 Å². The van der Waals surface area contributed by atoms with Crippen LogP contribution in [0.4, 0.5) is 0 Å². The molecule has 0 aliphatic heterocycles. The summed E-state index contributed by atoms with van der Waals surface area (Å²) in [6, 6.07) is 156. The van der Waals surface area contributed by atoms with E-state index in [-0.39, 0.29) is 0 Å². The summed E-state index contributed by atoms with van der Waals surface area (Å²) in [5, 5.41) is 20.3. The fraction of sp³-hybridized carbons (Fsp3) is 0.00806. The summed E-state index contributed by atoms with van der Waals surface area (Å²) in [6.07, 6.45) is 1.04. The van der Waals surface area contributed by atoms with Crippen molar-refractivity contribution in [1.29, 1.82) is 0 Å². The Kier molecular flexibility index (Phi) is 22.5. The molecule has 0 fully saturated rings. The maximum atomic E-state index is 6.66. The smallest absolute Gasteiger partial charge is 0.164 e. The van der Waals surface area contributed by atoms with E-state index in [0.29, 0.717) is 52.4 Å². The van der Waals surface area contributed by atoms with Crippen LogP contribution in [0.25, 0.3) is 233 Å². The highest BCUT2D eigenvalue weighted by atomic mass is 79.9. The fourth-order valence-corrected chi connectivity index (χ4v) is 20.6. The van der Waals surface area contributed by atoms with Gasteiger partial charge in [0.2, 0.25) is 0 Å². The first-order chi connectivity index (χ1) is 68.6. The normalized spacial score (nSPS) is 11.6. The maximum Gasteiger partial charge on any atom is 0.164 e. The molecule has 0 atom stereocenters. The molecule has 656 valence electrons. The van der Waals surface area contributed by atoms with Crippen LogP contribution in [-0.4, -0.2) is 54.0 Å². The molecule has 0 unspecified atom stereocenters. The number of aromatic nitrogens is 11. The molecular weight excluding hydrogens is 1830 g/mol. The molecule has 139 heavy (non-hydrogen) atoms. The van der Waals surface area contributed by atoms with Crippen molar-refractivity contribution in [3.05, 3.63) is 486 Å². The van der Waals surface area contributed by atoms with Gasteiger partial charge in [-0.1, -0.05) is 427 Å². The minimum absolute atomic E-state index is 0.637. The second kappa shape index (κ2) is 36.8. The lowest BCUT2D eigenvalue weighted by molar-refractivity contribution is 1.08. The van der Waals surface area contributed by atoms with Crippen LogP contribution in [-0.2, 0) is 6.42 Å². The molecule has 0 saturated carbocycles. The van der Waals surface area contributed by atoms with Crippen LogP contribution in [0.3, 0.4) is 0 Å². The van der Waals surface area contributed by atoms with Gasteiger partial charge in [0, 0.05) is 118 Å². The SMILES string of the molecule is Brc1cccc2c(-c3nc(-c4ccccc4)nc(-c4ccccc4)n3)cccc12.Clc1cccc2cc3c(cc12)-c1ccccc1C3.Clc1cccc2cc3c(cc12)c1ccccc1n3-c1cccc2c(-c3nc(-c4ccccc4)nc(-c4ccccc4)n3)cccc12.Clc1cccc2cc3c(cc12)c1ccccc1n3-c1cccc2c(-c3nc(-c4ccccc4)nc(-c4ccccc4)n3)cccc12. The zero-order valence-electron chi connectivity index (χ0n) is 74.4. The molecular formula is C124H77BrCl3N11. The highest BCUT2D eigenvalue weighted by molar-refractivity contribution is 9.10. The molecule has 1 aliphatic rings. The highest BCUT2D eigenvalue weighted by Crippen LogP contribution is 2.46. The van der Waals surface area contributed by atoms with Crippen molar-refractivity contribution in [3.8, 4) is 125 Å². The predicted molar refractivity (Wildman–Crippen MR) is 580 cm³/mol. The van der Waals surface area contributed by atoms with Crippen molar-refractivity contribution in [2.75, 3.05) is 0 Å². The molecule has 5 aromatic heterocycles. The number of fused-ring (bicyclic) bond motifs is 15. The van der Waals surface area contributed by atoms with Gasteiger partial charge in [-0.15, -0.1) is 0 Å². The molecule has 5 heterocycles. The third-order valence-corrected chi connectivity index (χ3v) is 27.6. The van der Waals surface area contributed by atoms with Gasteiger partial charge in [0.25, 0.3) is 0 Å². The zero-order chi connectivity index (χ0) is 93.0. The van der Waals surface area contributed by atoms with Crippen LogP contribution in [0.5, 0.6) is 0 Å². The molecule has 0 amide bonds. The number of nitrogens with zero attached hydrogens (tertiary/aromatic N) is 11. The van der Waals surface area contributed by atoms with Gasteiger partial charge < -0.3 is 9.13 Å². The predicted octanol–water partition coefficient (Wildman–Crippen LogP) is 33.7. The van der Waals surface area contributed by atoms with Crippen molar-refractivity contribution in [1.82, 2.24) is 54.0 Å². The Morgan fingerprint density at radius 3 is 0.849 bits per heavy atom. The van der Waals surface area contributed by atoms with E-state index in [0.717, 1.165) is 169 Å². The van der Waals surface area contributed by atoms with Crippen LogP contribution in [0, 0.1) is 0 Å². The summed E-state index contributed by atoms with van der Waals surface area (Å²) in [5.41, 5.74) is 20.9. The van der Waals surface area contributed by atoms with E-state index in [1.807, 2.05) is 237 Å². The molecule has 0 N–H and O–H groups in total. The number of para-hydroxylation sites is 2. The Morgan fingerprint density at radius 1 is 0.180 bits per heavy atom. The van der Waals surface area contributed by atoms with E-state index in [4.69, 9.17) is 79.7 Å². The maximum absolute atomic E-state index is 6.66. The van der Waals surface area contributed by atoms with Gasteiger partial charge in [-0.25, -0.2) is 44.9 Å². The minimum atomic E-state index is 0.637. The Hall–Kier alpha value is -16.8. The van der Waals surface area contributed by atoms with E-state index in [2.05, 4.69) is 243 Å². The Bertz CT molecular complexity index is 8760. The van der Waals surface area contributed by atoms with Crippen LogP contribution < -0.4 is 0 Å². The molecule has 21 aromatic carbocycles. The van der Waals surface area contributed by atoms with E-state index >= 15 is 0 Å². The quantitative estimate of drug-likeness (QED) is 0.124. The molecule has 27 rings (SSSR count). The van der Waals surface area contributed by atoms with Crippen molar-refractivity contribution in [2.24, 2.45) is 0 Å². The zero-order valence-corrected chi connectivity index (χ0v) is 78.3. The third-order valence-electron chi connectivity index (χ3n) is 25.9. The van der Waals surface area contributed by atoms with Crippen LogP contribution >= 0.6 is 50.7 Å². The Labute approximate surface area is 823 Å². The first-order valence-corrected chi connectivity index (χ1v) is 47.9. The van der Waals surface area contributed by atoms with Gasteiger partial charge in [0.1, 0.15) is 0 Å². The average molecular weight is 1910 g/mol. The molecule has 26 aromatic rings. The monoisotopic (exact) mass is 1900 g/mol. The number of halogens is 4. The molecule has 1 aliphatic carbocycles. The molecule has 0 radical (unpaired) electrons. The van der Waals surface area contributed by atoms with Gasteiger partial charge in [0.05, 0.1) is 33.4 Å². The third kappa shape index (κ3) is 16.2. The molecule has 0 saturated heterocycles. The lowest BCUT2D eigenvalue weighted by atomic mass is 10.0. The van der Waals surface area contributed by atoms with Gasteiger partial charge in [-0.3, -0.25) is 0 Å². The van der Waals surface area contributed by atoms with Gasteiger partial charge in [-0.05, 0) is 145 Å². The average Bonchev–Trinajstić information content (AvgIpc) is 1.56. The van der Waals surface area contributed by atoms with Gasteiger partial charge in [0.15, 0.2) is 52.4 Å². The van der Waals surface area contributed by atoms with Crippen LogP contribution in [0.1, 0.15) is 11.1 Å². The number of hydrogen-bond acceptors (Lipinski definition) is 9. The summed E-state index contributed by atoms with van der Waals surface area (Å²) >= 11 is 23.3. The fourth-order valence-electron chi connectivity index (χ4n) is 19.4. The van der Waals surface area contributed by atoms with Crippen molar-refractivity contribution >= 4 is 159 Å². The van der Waals surface area contributed by atoms with Crippen molar-refractivity contribution < 1.29 is 0 Å². The minimum Gasteiger partial charge on any atom is -0.309 e. The van der Waals surface area contributed by atoms with Gasteiger partial charge in [-0.2, -0.15) is 0 Å². The molecule has 0 bridgehead atoms. The number of hydrogen-bond donors (Lipinski definition) is 0. The van der Waals surface area contributed by atoms with Crippen molar-refractivity contribution in [3.63, 3.8) is 0 Å². The summed E-state index contributed by atoms with van der Waals surface area (Å²) in [5.74, 6) is 5.85. The second-order valence-corrected chi connectivity index (χ2v) is 36.4. The first-order valence-electron chi connectivity index (χ1n) is 45.9. The Balaban J connectivity index is 0.000000106. The van der Waals surface area contributed by atoms with E-state index in [9.17, 15) is 0 Å². The summed E-state index contributed by atoms with van der Waals surface area (Å²) in [6.45, 7) is 0. The summed E-state index contributed by atoms with van der Waals surface area (Å²) in [7, 11) is 0. The second-order valence-electron chi connectivity index (χ2n) is 34.3. The Morgan fingerprint density at radius 2 is 0.460 bits per heavy atom. The number of rotatable bonds is 11. The first kappa shape index (κ1) is 85.1. The number of benzene rings is 21. The van der Waals surface area contributed by atoms with E-state index in [1.165, 1.54) is 49.2 Å². The van der Waals surface area contributed by atoms with Gasteiger partial charge >= 0.3 is 0 Å². The topological polar surface area (TPSA) is 126 Å². The largest absolute Gasteiger partial charge is 0.309 e. The van der Waals surface area contributed by atoms with E-state index < -0.39 is 0 Å². The molecule has 15 heteroatoms. The summed E-state index contributed by atoms with van der Waals surface area (Å²) in [4.78, 5) is 44.4. The van der Waals surface area contributed by atoms with E-state index in [1.54, 1.807) is 0 Å². The highest BCUT2D eigenvalue weighted by Gasteiger charge is 2.25. The molecule has 11 nitrogen and oxygen atoms in total. The standard InChI is InChI=1S/2C41H25ClN4.C25H16BrN3.C17H11Cl/c2*42-35-21-9-16-28-24-38-34(25-33(28)35)31-17-7-8-22-36(31)46(38)37-23-11-18-29-30(37)19-10-20-32(29)41-44-39(26-12-3-1-4-13-26)43-40(45-41)27-14-5-2-6-15-27;26-22-16-8-13-19-20(22)14-7-15-21(19)25-28-23(17-9-3-1-4-10-17)27-24(29-25)18-11-5-2-6-12-18;18-17-7-3-5-12-9-13-8-11-4-1-2-6-14(11)15(13)10-16(12)17/h2*1-25H;1-16H;1-7,9-10H,8H2. The van der Waals surface area contributed by atoms with Crippen LogP contribution in [0.15, 0.2) is 459 Å². The lowest BCUT2D eigenvalue weighted by Crippen LogP contribution is -2.01. The lowest BCUT2D eigenvalue weighted by Gasteiger charge is -2.14. The summed E-state index contributed by atoms with van der Waals surface area (Å²) < 4.78 is 5.79. The van der Waals surface area contributed by atoms with Crippen LogP contribution in [0.2, 0.25) is 15.1 Å².